The standard InChI is InChI=1S/C7H14O3S/c1-2-3-6(8)10-7(9)4-5-11/h6,8,11H,2-5H2,1H3. The number of carbonyl (C=O) groups excluding carboxylic acids is 1. The molecule has 0 heterocycles. The number of carbonyl (C=O) groups is 1. The van der Waals surface area contributed by atoms with E-state index in [-0.39, 0.29) is 12.4 Å². The van der Waals surface area contributed by atoms with Crippen molar-refractivity contribution in [3.05, 3.63) is 0 Å². The monoisotopic (exact) mass is 178 g/mol. The molecule has 0 radical (unpaired) electrons. The highest BCUT2D eigenvalue weighted by Gasteiger charge is 2.07. The SMILES string of the molecule is CCCC(O)OC(=O)CCS. The number of rotatable bonds is 5. The number of aliphatic hydroxyl groups excluding tert-OH is 1. The summed E-state index contributed by atoms with van der Waals surface area (Å²) in [5, 5.41) is 8.98. The summed E-state index contributed by atoms with van der Waals surface area (Å²) in [4.78, 5) is 10.7. The Balaban J connectivity index is 3.40. The molecule has 0 aromatic rings. The van der Waals surface area contributed by atoms with E-state index < -0.39 is 6.29 Å². The Labute approximate surface area is 72.2 Å². The minimum absolute atomic E-state index is 0.254. The molecule has 1 atom stereocenters. The minimum atomic E-state index is -0.938. The first kappa shape index (κ1) is 10.8. The number of ether oxygens (including phenoxy) is 1. The van der Waals surface area contributed by atoms with Crippen LogP contribution in [-0.4, -0.2) is 23.1 Å². The molecule has 0 fully saturated rings. The molecule has 0 saturated heterocycles. The van der Waals surface area contributed by atoms with Gasteiger partial charge in [-0.15, -0.1) is 0 Å². The molecule has 66 valence electrons. The molecule has 0 bridgehead atoms. The summed E-state index contributed by atoms with van der Waals surface area (Å²) in [7, 11) is 0. The fraction of sp³-hybridized carbons (Fsp3) is 0.857. The predicted octanol–water partition coefficient (Wildman–Crippen LogP) is 0.968. The van der Waals surface area contributed by atoms with E-state index in [9.17, 15) is 4.79 Å². The molecule has 0 aromatic carbocycles. The van der Waals surface area contributed by atoms with Crippen LogP contribution >= 0.6 is 12.6 Å². The van der Waals surface area contributed by atoms with E-state index in [0.29, 0.717) is 12.2 Å². The van der Waals surface area contributed by atoms with Crippen molar-refractivity contribution in [2.45, 2.75) is 32.5 Å². The summed E-state index contributed by atoms with van der Waals surface area (Å²) in [5.74, 6) is 0.0680. The van der Waals surface area contributed by atoms with Crippen molar-refractivity contribution < 1.29 is 14.6 Å². The fourth-order valence-corrected chi connectivity index (χ4v) is 0.790. The average molecular weight is 178 g/mol. The third-order valence-electron chi connectivity index (χ3n) is 1.12. The van der Waals surface area contributed by atoms with Gasteiger partial charge in [-0.3, -0.25) is 4.79 Å². The van der Waals surface area contributed by atoms with Gasteiger partial charge in [-0.2, -0.15) is 12.6 Å². The molecule has 11 heavy (non-hydrogen) atoms. The van der Waals surface area contributed by atoms with E-state index in [0.717, 1.165) is 6.42 Å². The van der Waals surface area contributed by atoms with Gasteiger partial charge in [0.1, 0.15) is 0 Å². The van der Waals surface area contributed by atoms with Crippen molar-refractivity contribution in [1.82, 2.24) is 0 Å². The van der Waals surface area contributed by atoms with Crippen LogP contribution in [0.25, 0.3) is 0 Å². The molecule has 0 rings (SSSR count). The lowest BCUT2D eigenvalue weighted by Gasteiger charge is -2.09. The smallest absolute Gasteiger partial charge is 0.308 e. The molecular formula is C7H14O3S. The van der Waals surface area contributed by atoms with Crippen LogP contribution in [0.4, 0.5) is 0 Å². The highest BCUT2D eigenvalue weighted by molar-refractivity contribution is 7.80. The molecule has 4 heteroatoms. The third kappa shape index (κ3) is 6.19. The summed E-state index contributed by atoms with van der Waals surface area (Å²) in [5.41, 5.74) is 0. The Morgan fingerprint density at radius 2 is 2.36 bits per heavy atom. The summed E-state index contributed by atoms with van der Waals surface area (Å²) in [6.45, 7) is 1.91. The van der Waals surface area contributed by atoms with Crippen LogP contribution in [0.15, 0.2) is 0 Å². The van der Waals surface area contributed by atoms with E-state index in [1.807, 2.05) is 6.92 Å². The van der Waals surface area contributed by atoms with Crippen LogP contribution in [-0.2, 0) is 9.53 Å². The van der Waals surface area contributed by atoms with Crippen LogP contribution in [0.1, 0.15) is 26.2 Å². The Kier molecular flexibility index (Phi) is 6.36. The van der Waals surface area contributed by atoms with Gasteiger partial charge in [-0.05, 0) is 0 Å². The summed E-state index contributed by atoms with van der Waals surface area (Å²) < 4.78 is 4.60. The maximum atomic E-state index is 10.7. The Morgan fingerprint density at radius 1 is 1.73 bits per heavy atom. The third-order valence-corrected chi connectivity index (χ3v) is 1.34. The molecule has 0 aromatic heterocycles. The quantitative estimate of drug-likeness (QED) is 0.374. The second kappa shape index (κ2) is 6.49. The fourth-order valence-electron chi connectivity index (χ4n) is 0.608. The zero-order valence-electron chi connectivity index (χ0n) is 6.62. The Morgan fingerprint density at radius 3 is 2.82 bits per heavy atom. The maximum absolute atomic E-state index is 10.7. The molecule has 0 spiro atoms. The van der Waals surface area contributed by atoms with Gasteiger partial charge in [0.2, 0.25) is 6.29 Å². The van der Waals surface area contributed by atoms with E-state index in [1.165, 1.54) is 0 Å². The van der Waals surface area contributed by atoms with Crippen LogP contribution in [0.3, 0.4) is 0 Å². The normalized spacial score (nSPS) is 12.6. The maximum Gasteiger partial charge on any atom is 0.308 e. The summed E-state index contributed by atoms with van der Waals surface area (Å²) >= 11 is 3.85. The van der Waals surface area contributed by atoms with Crippen LogP contribution in [0.2, 0.25) is 0 Å². The van der Waals surface area contributed by atoms with Crippen molar-refractivity contribution in [3.63, 3.8) is 0 Å². The van der Waals surface area contributed by atoms with Gasteiger partial charge in [0, 0.05) is 12.2 Å². The lowest BCUT2D eigenvalue weighted by atomic mass is 10.3. The molecule has 0 amide bonds. The van der Waals surface area contributed by atoms with Crippen molar-refractivity contribution in [2.24, 2.45) is 0 Å². The number of esters is 1. The van der Waals surface area contributed by atoms with Gasteiger partial charge in [0.25, 0.3) is 0 Å². The van der Waals surface area contributed by atoms with Gasteiger partial charge in [-0.25, -0.2) is 0 Å². The van der Waals surface area contributed by atoms with Gasteiger partial charge < -0.3 is 9.84 Å². The van der Waals surface area contributed by atoms with E-state index >= 15 is 0 Å². The molecule has 3 nitrogen and oxygen atoms in total. The summed E-state index contributed by atoms with van der Waals surface area (Å²) in [6.07, 6.45) is 0.615. The van der Waals surface area contributed by atoms with Gasteiger partial charge in [-0.1, -0.05) is 13.3 Å². The van der Waals surface area contributed by atoms with E-state index in [2.05, 4.69) is 17.4 Å². The molecule has 0 aliphatic heterocycles. The van der Waals surface area contributed by atoms with Crippen molar-refractivity contribution in [2.75, 3.05) is 5.75 Å². The largest absolute Gasteiger partial charge is 0.436 e. The topological polar surface area (TPSA) is 46.5 Å². The Bertz CT molecular complexity index is 116. The first-order chi connectivity index (χ1) is 5.20. The van der Waals surface area contributed by atoms with Gasteiger partial charge >= 0.3 is 5.97 Å². The van der Waals surface area contributed by atoms with Gasteiger partial charge in [0.15, 0.2) is 0 Å². The molecule has 0 saturated carbocycles. The number of hydrogen-bond donors (Lipinski definition) is 2. The number of hydrogen-bond acceptors (Lipinski definition) is 4. The lowest BCUT2D eigenvalue weighted by molar-refractivity contribution is -0.168. The van der Waals surface area contributed by atoms with E-state index in [1.54, 1.807) is 0 Å². The zero-order chi connectivity index (χ0) is 8.69. The Hall–Kier alpha value is -0.220. The second-order valence-corrected chi connectivity index (χ2v) is 2.65. The highest BCUT2D eigenvalue weighted by atomic mass is 32.1. The van der Waals surface area contributed by atoms with E-state index in [4.69, 9.17) is 5.11 Å². The highest BCUT2D eigenvalue weighted by Crippen LogP contribution is 2.00. The number of thiol groups is 1. The first-order valence-corrected chi connectivity index (χ1v) is 4.32. The summed E-state index contributed by atoms with van der Waals surface area (Å²) in [6, 6.07) is 0. The molecule has 1 unspecified atom stereocenters. The van der Waals surface area contributed by atoms with Crippen molar-refractivity contribution >= 4 is 18.6 Å². The van der Waals surface area contributed by atoms with Crippen LogP contribution in [0, 0.1) is 0 Å². The first-order valence-electron chi connectivity index (χ1n) is 3.69. The molecule has 0 aliphatic rings. The van der Waals surface area contributed by atoms with Crippen LogP contribution < -0.4 is 0 Å². The van der Waals surface area contributed by atoms with Crippen molar-refractivity contribution in [3.8, 4) is 0 Å². The van der Waals surface area contributed by atoms with Crippen LogP contribution in [0.5, 0.6) is 0 Å². The minimum Gasteiger partial charge on any atom is -0.436 e. The van der Waals surface area contributed by atoms with Gasteiger partial charge in [0.05, 0.1) is 6.42 Å². The number of aliphatic hydroxyl groups is 1. The molecular weight excluding hydrogens is 164 g/mol. The molecule has 0 aliphatic carbocycles. The second-order valence-electron chi connectivity index (χ2n) is 2.21. The average Bonchev–Trinajstić information content (AvgIpc) is 1.87. The zero-order valence-corrected chi connectivity index (χ0v) is 7.51. The van der Waals surface area contributed by atoms with Crippen molar-refractivity contribution in [1.29, 1.82) is 0 Å². The predicted molar refractivity (Wildman–Crippen MR) is 45.5 cm³/mol. The lowest BCUT2D eigenvalue weighted by Crippen LogP contribution is -2.17. The molecule has 1 N–H and O–H groups in total.